The van der Waals surface area contributed by atoms with E-state index >= 15 is 0 Å². The lowest BCUT2D eigenvalue weighted by Crippen LogP contribution is -1.99. The Morgan fingerprint density at radius 3 is 2.33 bits per heavy atom. The first-order chi connectivity index (χ1) is 13.1. The van der Waals surface area contributed by atoms with E-state index in [0.29, 0.717) is 0 Å². The van der Waals surface area contributed by atoms with Crippen LogP contribution in [0.1, 0.15) is 16.7 Å². The highest BCUT2D eigenvalue weighted by atomic mass is 16.5. The first kappa shape index (κ1) is 17.0. The fourth-order valence-electron chi connectivity index (χ4n) is 2.97. The fraction of sp³-hybridized carbons (Fsp3) is 0.130. The van der Waals surface area contributed by atoms with E-state index < -0.39 is 0 Å². The minimum atomic E-state index is 0.777. The molecule has 0 aliphatic rings. The van der Waals surface area contributed by atoms with E-state index in [1.807, 2.05) is 48.5 Å². The van der Waals surface area contributed by atoms with Gasteiger partial charge in [0, 0.05) is 17.1 Å². The number of aryl methyl sites for hydroxylation is 3. The highest BCUT2D eigenvalue weighted by Crippen LogP contribution is 2.30. The molecule has 27 heavy (non-hydrogen) atoms. The second-order valence-electron chi connectivity index (χ2n) is 6.69. The number of nitrogens with zero attached hydrogens (tertiary/aromatic N) is 2. The molecule has 0 aliphatic carbocycles. The maximum atomic E-state index is 5.96. The van der Waals surface area contributed by atoms with Crippen LogP contribution in [0.3, 0.4) is 0 Å². The molecule has 1 N–H and O–H groups in total. The standard InChI is InChI=1S/C23H21N3O/c1-15-9-10-19(27-18-7-5-4-6-8-18)13-21(15)26-23-20-11-16(2)17(3)12-22(20)24-14-25-23/h4-14H,1-3H3,(H,24,25,26). The van der Waals surface area contributed by atoms with Gasteiger partial charge in [0.1, 0.15) is 23.6 Å². The summed E-state index contributed by atoms with van der Waals surface area (Å²) in [6, 6.07) is 20.0. The Bertz CT molecular complexity index is 1110. The number of hydrogen-bond donors (Lipinski definition) is 1. The number of hydrogen-bond acceptors (Lipinski definition) is 4. The van der Waals surface area contributed by atoms with Crippen LogP contribution in [0.25, 0.3) is 10.9 Å². The van der Waals surface area contributed by atoms with Crippen LogP contribution in [-0.2, 0) is 0 Å². The molecule has 4 rings (SSSR count). The molecule has 1 aromatic heterocycles. The monoisotopic (exact) mass is 355 g/mol. The molecule has 134 valence electrons. The number of fused-ring (bicyclic) bond motifs is 1. The molecule has 1 heterocycles. The summed E-state index contributed by atoms with van der Waals surface area (Å²) < 4.78 is 5.96. The number of rotatable bonds is 4. The summed E-state index contributed by atoms with van der Waals surface area (Å²) in [5, 5.41) is 4.47. The molecule has 0 saturated heterocycles. The van der Waals surface area contributed by atoms with Gasteiger partial charge in [-0.3, -0.25) is 0 Å². The Balaban J connectivity index is 1.69. The first-order valence-corrected chi connectivity index (χ1v) is 8.93. The minimum absolute atomic E-state index is 0.777. The largest absolute Gasteiger partial charge is 0.457 e. The van der Waals surface area contributed by atoms with Crippen molar-refractivity contribution < 1.29 is 4.74 Å². The van der Waals surface area contributed by atoms with Gasteiger partial charge < -0.3 is 10.1 Å². The molecule has 0 spiro atoms. The molecular formula is C23H21N3O. The molecule has 0 unspecified atom stereocenters. The van der Waals surface area contributed by atoms with E-state index in [9.17, 15) is 0 Å². The van der Waals surface area contributed by atoms with Crippen molar-refractivity contribution in [3.05, 3.63) is 83.7 Å². The van der Waals surface area contributed by atoms with Gasteiger partial charge in [-0.1, -0.05) is 24.3 Å². The Morgan fingerprint density at radius 2 is 1.52 bits per heavy atom. The topological polar surface area (TPSA) is 47.0 Å². The lowest BCUT2D eigenvalue weighted by Gasteiger charge is -2.14. The average molecular weight is 355 g/mol. The number of anilines is 2. The average Bonchev–Trinajstić information content (AvgIpc) is 2.67. The molecular weight excluding hydrogens is 334 g/mol. The number of ether oxygens (including phenoxy) is 1. The van der Waals surface area contributed by atoms with Gasteiger partial charge in [0.25, 0.3) is 0 Å². The van der Waals surface area contributed by atoms with Crippen LogP contribution in [-0.4, -0.2) is 9.97 Å². The van der Waals surface area contributed by atoms with Crippen LogP contribution >= 0.6 is 0 Å². The van der Waals surface area contributed by atoms with Crippen molar-refractivity contribution in [2.24, 2.45) is 0 Å². The normalized spacial score (nSPS) is 10.8. The fourth-order valence-corrected chi connectivity index (χ4v) is 2.97. The molecule has 4 aromatic rings. The van der Waals surface area contributed by atoms with Crippen molar-refractivity contribution in [2.75, 3.05) is 5.32 Å². The Morgan fingerprint density at radius 1 is 0.741 bits per heavy atom. The second kappa shape index (κ2) is 7.08. The Kier molecular flexibility index (Phi) is 4.47. The third-order valence-corrected chi connectivity index (χ3v) is 4.69. The summed E-state index contributed by atoms with van der Waals surface area (Å²) in [6.45, 7) is 6.26. The van der Waals surface area contributed by atoms with Crippen LogP contribution in [0.15, 0.2) is 67.0 Å². The summed E-state index contributed by atoms with van der Waals surface area (Å²) in [6.07, 6.45) is 1.60. The zero-order valence-electron chi connectivity index (χ0n) is 15.7. The first-order valence-electron chi connectivity index (χ1n) is 8.93. The summed E-state index contributed by atoms with van der Waals surface area (Å²) >= 11 is 0. The predicted molar refractivity (Wildman–Crippen MR) is 110 cm³/mol. The number of benzene rings is 3. The maximum absolute atomic E-state index is 5.96. The molecule has 0 atom stereocenters. The highest BCUT2D eigenvalue weighted by molar-refractivity contribution is 5.91. The molecule has 0 aliphatic heterocycles. The van der Waals surface area contributed by atoms with Crippen LogP contribution < -0.4 is 10.1 Å². The van der Waals surface area contributed by atoms with Crippen LogP contribution in [0.4, 0.5) is 11.5 Å². The Labute approximate surface area is 158 Å². The third-order valence-electron chi connectivity index (χ3n) is 4.69. The van der Waals surface area contributed by atoms with E-state index in [0.717, 1.165) is 39.5 Å². The van der Waals surface area contributed by atoms with Gasteiger partial charge in [0.2, 0.25) is 0 Å². The van der Waals surface area contributed by atoms with Gasteiger partial charge in [0.15, 0.2) is 0 Å². The Hall–Kier alpha value is -3.40. The zero-order chi connectivity index (χ0) is 18.8. The second-order valence-corrected chi connectivity index (χ2v) is 6.69. The molecule has 0 amide bonds. The van der Waals surface area contributed by atoms with Crippen molar-refractivity contribution >= 4 is 22.4 Å². The minimum Gasteiger partial charge on any atom is -0.457 e. The molecule has 4 heteroatoms. The zero-order valence-corrected chi connectivity index (χ0v) is 15.7. The van der Waals surface area contributed by atoms with Crippen molar-refractivity contribution in [1.29, 1.82) is 0 Å². The van der Waals surface area contributed by atoms with Gasteiger partial charge in [0.05, 0.1) is 5.52 Å². The van der Waals surface area contributed by atoms with Gasteiger partial charge in [-0.25, -0.2) is 9.97 Å². The lowest BCUT2D eigenvalue weighted by molar-refractivity contribution is 0.483. The lowest BCUT2D eigenvalue weighted by atomic mass is 10.1. The van der Waals surface area contributed by atoms with Crippen LogP contribution in [0, 0.1) is 20.8 Å². The van der Waals surface area contributed by atoms with Gasteiger partial charge in [-0.15, -0.1) is 0 Å². The molecule has 0 radical (unpaired) electrons. The van der Waals surface area contributed by atoms with Crippen molar-refractivity contribution in [3.8, 4) is 11.5 Å². The van der Waals surface area contributed by atoms with E-state index in [1.54, 1.807) is 6.33 Å². The summed E-state index contributed by atoms with van der Waals surface area (Å²) in [5.41, 5.74) is 5.46. The van der Waals surface area contributed by atoms with Crippen LogP contribution in [0.5, 0.6) is 11.5 Å². The van der Waals surface area contributed by atoms with E-state index in [-0.39, 0.29) is 0 Å². The highest BCUT2D eigenvalue weighted by Gasteiger charge is 2.09. The van der Waals surface area contributed by atoms with Crippen LogP contribution in [0.2, 0.25) is 0 Å². The van der Waals surface area contributed by atoms with Crippen molar-refractivity contribution in [1.82, 2.24) is 9.97 Å². The quantitative estimate of drug-likeness (QED) is 0.481. The summed E-state index contributed by atoms with van der Waals surface area (Å²) in [5.74, 6) is 2.38. The summed E-state index contributed by atoms with van der Waals surface area (Å²) in [4.78, 5) is 8.87. The SMILES string of the molecule is Cc1cc2ncnc(Nc3cc(Oc4ccccc4)ccc3C)c2cc1C. The number of aromatic nitrogens is 2. The van der Waals surface area contributed by atoms with E-state index in [1.165, 1.54) is 11.1 Å². The smallest absolute Gasteiger partial charge is 0.141 e. The molecule has 0 fully saturated rings. The molecule has 3 aromatic carbocycles. The van der Waals surface area contributed by atoms with Gasteiger partial charge in [-0.2, -0.15) is 0 Å². The molecule has 4 nitrogen and oxygen atoms in total. The van der Waals surface area contributed by atoms with Crippen molar-refractivity contribution in [3.63, 3.8) is 0 Å². The summed E-state index contributed by atoms with van der Waals surface area (Å²) in [7, 11) is 0. The molecule has 0 saturated carbocycles. The van der Waals surface area contributed by atoms with Crippen molar-refractivity contribution in [2.45, 2.75) is 20.8 Å². The van der Waals surface area contributed by atoms with E-state index in [4.69, 9.17) is 4.74 Å². The third kappa shape index (κ3) is 3.60. The number of nitrogens with one attached hydrogen (secondary N) is 1. The predicted octanol–water partition coefficient (Wildman–Crippen LogP) is 6.09. The van der Waals surface area contributed by atoms with E-state index in [2.05, 4.69) is 48.2 Å². The maximum Gasteiger partial charge on any atom is 0.141 e. The van der Waals surface area contributed by atoms with Gasteiger partial charge >= 0.3 is 0 Å². The molecule has 0 bridgehead atoms. The number of para-hydroxylation sites is 1. The van der Waals surface area contributed by atoms with Gasteiger partial charge in [-0.05, 0) is 67.8 Å².